The summed E-state index contributed by atoms with van der Waals surface area (Å²) in [5.74, 6) is 3.19. The van der Waals surface area contributed by atoms with Crippen molar-refractivity contribution in [3.8, 4) is 0 Å². The normalized spacial score (nSPS) is 38.1. The van der Waals surface area contributed by atoms with E-state index in [0.29, 0.717) is 11.8 Å². The molecule has 3 heteroatoms. The molecule has 3 nitrogen and oxygen atoms in total. The van der Waals surface area contributed by atoms with Crippen molar-refractivity contribution in [3.05, 3.63) is 0 Å². The number of nitrogens with two attached hydrogens (primary N) is 1. The van der Waals surface area contributed by atoms with Crippen LogP contribution < -0.4 is 11.1 Å². The quantitative estimate of drug-likeness (QED) is 0.704. The van der Waals surface area contributed by atoms with E-state index in [0.717, 1.165) is 50.1 Å². The van der Waals surface area contributed by atoms with Gasteiger partial charge in [-0.15, -0.1) is 0 Å². The molecule has 0 aromatic rings. The van der Waals surface area contributed by atoms with E-state index in [4.69, 9.17) is 5.73 Å². The molecule has 0 saturated heterocycles. The zero-order valence-corrected chi connectivity index (χ0v) is 12.7. The van der Waals surface area contributed by atoms with Crippen LogP contribution in [0.25, 0.3) is 0 Å². The lowest BCUT2D eigenvalue weighted by Crippen LogP contribution is -2.51. The van der Waals surface area contributed by atoms with Gasteiger partial charge in [-0.3, -0.25) is 4.79 Å². The number of nitrogens with one attached hydrogen (secondary N) is 1. The van der Waals surface area contributed by atoms with Crippen LogP contribution >= 0.6 is 0 Å². The van der Waals surface area contributed by atoms with Gasteiger partial charge >= 0.3 is 0 Å². The summed E-state index contributed by atoms with van der Waals surface area (Å²) in [5.41, 5.74) is 5.95. The molecule has 0 unspecified atom stereocenters. The van der Waals surface area contributed by atoms with E-state index in [-0.39, 0.29) is 5.91 Å². The summed E-state index contributed by atoms with van der Waals surface area (Å²) >= 11 is 0. The maximum atomic E-state index is 12.0. The number of rotatable bonds is 7. The average molecular weight is 278 g/mol. The molecule has 4 aliphatic rings. The predicted octanol–water partition coefficient (Wildman–Crippen LogP) is 2.84. The third-order valence-electron chi connectivity index (χ3n) is 5.93. The Morgan fingerprint density at radius 2 is 1.60 bits per heavy atom. The topological polar surface area (TPSA) is 55.1 Å². The Labute approximate surface area is 123 Å². The van der Waals surface area contributed by atoms with Crippen LogP contribution in [-0.2, 0) is 4.79 Å². The van der Waals surface area contributed by atoms with Crippen LogP contribution in [0.3, 0.4) is 0 Å². The fourth-order valence-electron chi connectivity index (χ4n) is 5.49. The van der Waals surface area contributed by atoms with Crippen molar-refractivity contribution in [2.24, 2.45) is 28.9 Å². The van der Waals surface area contributed by atoms with E-state index in [1.165, 1.54) is 38.5 Å². The third-order valence-corrected chi connectivity index (χ3v) is 5.93. The lowest BCUT2D eigenvalue weighted by molar-refractivity contribution is -0.123. The molecule has 1 amide bonds. The highest BCUT2D eigenvalue weighted by Crippen LogP contribution is 2.59. The van der Waals surface area contributed by atoms with Gasteiger partial charge in [0.05, 0.1) is 0 Å². The van der Waals surface area contributed by atoms with E-state index < -0.39 is 0 Å². The largest absolute Gasteiger partial charge is 0.356 e. The van der Waals surface area contributed by atoms with Crippen molar-refractivity contribution in [2.75, 3.05) is 13.1 Å². The Kier molecular flexibility index (Phi) is 4.34. The van der Waals surface area contributed by atoms with Crippen LogP contribution in [-0.4, -0.2) is 19.0 Å². The van der Waals surface area contributed by atoms with Crippen molar-refractivity contribution in [1.82, 2.24) is 5.32 Å². The molecule has 0 aliphatic heterocycles. The van der Waals surface area contributed by atoms with Gasteiger partial charge in [0.25, 0.3) is 0 Å². The standard InChI is InChI=1S/C17H30N2O/c18-5-3-1-2-4-16(20)19-12-17-9-13-6-14(10-17)8-15(7-13)11-17/h13-15H,1-12,18H2,(H,19,20). The molecule has 4 fully saturated rings. The maximum Gasteiger partial charge on any atom is 0.220 e. The van der Waals surface area contributed by atoms with Gasteiger partial charge in [-0.1, -0.05) is 6.42 Å². The third kappa shape index (κ3) is 3.19. The van der Waals surface area contributed by atoms with Gasteiger partial charge in [0.2, 0.25) is 5.91 Å². The van der Waals surface area contributed by atoms with E-state index in [1.54, 1.807) is 0 Å². The Morgan fingerprint density at radius 3 is 2.15 bits per heavy atom. The molecule has 4 aliphatic carbocycles. The second kappa shape index (κ2) is 6.05. The fourth-order valence-corrected chi connectivity index (χ4v) is 5.49. The van der Waals surface area contributed by atoms with E-state index in [9.17, 15) is 4.79 Å². The first-order chi connectivity index (χ1) is 9.69. The summed E-state index contributed by atoms with van der Waals surface area (Å²) in [6.07, 6.45) is 12.4. The second-order valence-electron chi connectivity index (χ2n) is 7.79. The van der Waals surface area contributed by atoms with Crippen LogP contribution in [0.15, 0.2) is 0 Å². The van der Waals surface area contributed by atoms with Crippen molar-refractivity contribution >= 4 is 5.91 Å². The number of carbonyl (C=O) groups excluding carboxylic acids is 1. The summed E-state index contributed by atoms with van der Waals surface area (Å²) in [6, 6.07) is 0. The highest BCUT2D eigenvalue weighted by atomic mass is 16.1. The van der Waals surface area contributed by atoms with Crippen LogP contribution in [0, 0.1) is 23.2 Å². The number of carbonyl (C=O) groups is 1. The van der Waals surface area contributed by atoms with E-state index in [2.05, 4.69) is 5.32 Å². The number of unbranched alkanes of at least 4 members (excludes halogenated alkanes) is 2. The van der Waals surface area contributed by atoms with Crippen LogP contribution in [0.2, 0.25) is 0 Å². The highest BCUT2D eigenvalue weighted by molar-refractivity contribution is 5.75. The van der Waals surface area contributed by atoms with Crippen LogP contribution in [0.1, 0.15) is 64.2 Å². The molecule has 114 valence electrons. The zero-order chi connectivity index (χ0) is 14.0. The van der Waals surface area contributed by atoms with Crippen LogP contribution in [0.5, 0.6) is 0 Å². The Morgan fingerprint density at radius 1 is 1.00 bits per heavy atom. The van der Waals surface area contributed by atoms with Gasteiger partial charge in [0.15, 0.2) is 0 Å². The molecule has 20 heavy (non-hydrogen) atoms. The first-order valence-electron chi connectivity index (χ1n) is 8.66. The minimum absolute atomic E-state index is 0.262. The predicted molar refractivity (Wildman–Crippen MR) is 81.1 cm³/mol. The van der Waals surface area contributed by atoms with Crippen molar-refractivity contribution in [1.29, 1.82) is 0 Å². The van der Waals surface area contributed by atoms with Gasteiger partial charge in [-0.25, -0.2) is 0 Å². The molecule has 0 aromatic carbocycles. The zero-order valence-electron chi connectivity index (χ0n) is 12.7. The molecule has 4 bridgehead atoms. The molecule has 3 N–H and O–H groups in total. The van der Waals surface area contributed by atoms with Crippen molar-refractivity contribution < 1.29 is 4.79 Å². The molecule has 4 rings (SSSR count). The minimum atomic E-state index is 0.262. The highest BCUT2D eigenvalue weighted by Gasteiger charge is 2.50. The summed E-state index contributed by atoms with van der Waals surface area (Å²) in [7, 11) is 0. The fraction of sp³-hybridized carbons (Fsp3) is 0.941. The first-order valence-corrected chi connectivity index (χ1v) is 8.66. The SMILES string of the molecule is NCCCCCC(=O)NCC12CC3CC(CC(C3)C1)C2. The summed E-state index contributed by atoms with van der Waals surface area (Å²) in [6.45, 7) is 1.70. The lowest BCUT2D eigenvalue weighted by atomic mass is 9.49. The van der Waals surface area contributed by atoms with Gasteiger partial charge in [0, 0.05) is 13.0 Å². The Bertz CT molecular complexity index is 318. The van der Waals surface area contributed by atoms with Gasteiger partial charge in [-0.05, 0) is 81.1 Å². The number of amides is 1. The lowest BCUT2D eigenvalue weighted by Gasteiger charge is -2.56. The molecular weight excluding hydrogens is 248 g/mol. The maximum absolute atomic E-state index is 12.0. The molecule has 0 atom stereocenters. The summed E-state index contributed by atoms with van der Waals surface area (Å²) in [4.78, 5) is 12.0. The number of hydrogen-bond acceptors (Lipinski definition) is 2. The molecule has 0 aromatic heterocycles. The molecule has 0 radical (unpaired) electrons. The second-order valence-corrected chi connectivity index (χ2v) is 7.79. The minimum Gasteiger partial charge on any atom is -0.356 e. The van der Waals surface area contributed by atoms with Crippen LogP contribution in [0.4, 0.5) is 0 Å². The van der Waals surface area contributed by atoms with Gasteiger partial charge in [-0.2, -0.15) is 0 Å². The molecular formula is C17H30N2O. The van der Waals surface area contributed by atoms with Crippen molar-refractivity contribution in [3.63, 3.8) is 0 Å². The van der Waals surface area contributed by atoms with Crippen molar-refractivity contribution in [2.45, 2.75) is 64.2 Å². The first kappa shape index (κ1) is 14.4. The van der Waals surface area contributed by atoms with Gasteiger partial charge < -0.3 is 11.1 Å². The van der Waals surface area contributed by atoms with E-state index in [1.807, 2.05) is 0 Å². The van der Waals surface area contributed by atoms with Gasteiger partial charge in [0.1, 0.15) is 0 Å². The number of hydrogen-bond donors (Lipinski definition) is 2. The summed E-state index contributed by atoms with van der Waals surface area (Å²) < 4.78 is 0. The average Bonchev–Trinajstić information content (AvgIpc) is 2.40. The Balaban J connectivity index is 1.43. The molecule has 4 saturated carbocycles. The molecule has 0 heterocycles. The Hall–Kier alpha value is -0.570. The van der Waals surface area contributed by atoms with E-state index >= 15 is 0 Å². The smallest absolute Gasteiger partial charge is 0.220 e. The molecule has 0 spiro atoms. The monoisotopic (exact) mass is 278 g/mol. The summed E-state index contributed by atoms with van der Waals surface area (Å²) in [5, 5.41) is 3.25.